The van der Waals surface area contributed by atoms with Crippen molar-refractivity contribution < 1.29 is 13.9 Å². The molecule has 10 heteroatoms. The smallest absolute Gasteiger partial charge is 0.407 e. The number of anilines is 1. The Bertz CT molecular complexity index is 1250. The molecule has 1 aromatic carbocycles. The largest absolute Gasteiger partial charge is 0.444 e. The minimum absolute atomic E-state index is 0.0824. The van der Waals surface area contributed by atoms with Crippen LogP contribution in [-0.2, 0) is 4.74 Å². The van der Waals surface area contributed by atoms with Crippen molar-refractivity contribution in [1.29, 1.82) is 0 Å². The molecular formula is C25H28BrClFN5O2. The first-order chi connectivity index (χ1) is 16.6. The van der Waals surface area contributed by atoms with Gasteiger partial charge in [0.25, 0.3) is 0 Å². The molecule has 35 heavy (non-hydrogen) atoms. The fourth-order valence-corrected chi connectivity index (χ4v) is 4.66. The molecule has 3 aromatic rings. The molecule has 2 heterocycles. The number of hydrogen-bond donors (Lipinski definition) is 2. The molecule has 0 bridgehead atoms. The predicted molar refractivity (Wildman–Crippen MR) is 141 cm³/mol. The Labute approximate surface area is 217 Å². The normalized spacial score (nSPS) is 18.7. The zero-order valence-electron chi connectivity index (χ0n) is 19.8. The van der Waals surface area contributed by atoms with E-state index in [0.29, 0.717) is 10.7 Å². The van der Waals surface area contributed by atoms with E-state index in [2.05, 4.69) is 36.7 Å². The van der Waals surface area contributed by atoms with Gasteiger partial charge in [-0.2, -0.15) is 5.10 Å². The van der Waals surface area contributed by atoms with Crippen molar-refractivity contribution in [3.05, 3.63) is 57.5 Å². The Hall–Kier alpha value is -2.65. The highest BCUT2D eigenvalue weighted by molar-refractivity contribution is 9.10. The summed E-state index contributed by atoms with van der Waals surface area (Å²) < 4.78 is 21.7. The predicted octanol–water partition coefficient (Wildman–Crippen LogP) is 6.89. The molecule has 2 N–H and O–H groups in total. The molecule has 1 saturated carbocycles. The second-order valence-electron chi connectivity index (χ2n) is 9.66. The molecule has 0 spiro atoms. The number of aromatic nitrogens is 2. The summed E-state index contributed by atoms with van der Waals surface area (Å²) in [5.41, 5.74) is 2.36. The van der Waals surface area contributed by atoms with Crippen molar-refractivity contribution in [3.63, 3.8) is 0 Å². The van der Waals surface area contributed by atoms with Gasteiger partial charge in [0.05, 0.1) is 28.1 Å². The van der Waals surface area contributed by atoms with Crippen molar-refractivity contribution in [3.8, 4) is 0 Å². The highest BCUT2D eigenvalue weighted by Crippen LogP contribution is 2.30. The molecular weight excluding hydrogens is 537 g/mol. The summed E-state index contributed by atoms with van der Waals surface area (Å²) in [6.07, 6.45) is 8.30. The van der Waals surface area contributed by atoms with Gasteiger partial charge in [-0.15, -0.1) is 0 Å². The van der Waals surface area contributed by atoms with Gasteiger partial charge in [-0.25, -0.2) is 13.7 Å². The van der Waals surface area contributed by atoms with Crippen LogP contribution in [0.1, 0.15) is 52.0 Å². The molecule has 1 aliphatic rings. The summed E-state index contributed by atoms with van der Waals surface area (Å²) in [7, 11) is 0. The number of halogens is 3. The molecule has 0 atom stereocenters. The van der Waals surface area contributed by atoms with Crippen molar-refractivity contribution >= 4 is 56.7 Å². The molecule has 186 valence electrons. The number of carbonyl (C=O) groups excluding carboxylic acids is 1. The van der Waals surface area contributed by atoms with Gasteiger partial charge in [0.15, 0.2) is 0 Å². The number of nitrogens with one attached hydrogen (secondary N) is 2. The molecule has 7 nitrogen and oxygen atoms in total. The maximum atomic E-state index is 13.7. The van der Waals surface area contributed by atoms with Crippen LogP contribution in [0.2, 0.25) is 5.02 Å². The Kier molecular flexibility index (Phi) is 7.66. The maximum absolute atomic E-state index is 13.7. The lowest BCUT2D eigenvalue weighted by molar-refractivity contribution is 0.0492. The third-order valence-corrected chi connectivity index (χ3v) is 6.43. The van der Waals surface area contributed by atoms with Crippen LogP contribution in [-0.4, -0.2) is 39.6 Å². The van der Waals surface area contributed by atoms with Crippen LogP contribution in [0.4, 0.5) is 20.6 Å². The number of fused-ring (bicyclic) bond motifs is 1. The van der Waals surface area contributed by atoms with Gasteiger partial charge in [-0.3, -0.25) is 4.99 Å². The van der Waals surface area contributed by atoms with Gasteiger partial charge < -0.3 is 15.4 Å². The number of alkyl carbamates (subject to hydrolysis) is 1. The van der Waals surface area contributed by atoms with Gasteiger partial charge in [-0.05, 0) is 80.6 Å². The average molecular weight is 565 g/mol. The standard InChI is InChI=1S/C25H28BrClFN5O2/c1-25(2,3)35-24(34)32-19-7-5-18(6-8-19)31-23-15(13-30-33-14-16(26)10-22(23)33)12-29-21-11-17(28)4-9-20(21)27/h4,9-14,18-19,31H,5-8H2,1-3H3,(H,32,34)/b29-12+. The Morgan fingerprint density at radius 1 is 1.26 bits per heavy atom. The summed E-state index contributed by atoms with van der Waals surface area (Å²) >= 11 is 9.70. The van der Waals surface area contributed by atoms with Gasteiger partial charge >= 0.3 is 6.09 Å². The van der Waals surface area contributed by atoms with Crippen LogP contribution in [0.3, 0.4) is 0 Å². The highest BCUT2D eigenvalue weighted by atomic mass is 79.9. The SMILES string of the molecule is CC(C)(C)OC(=O)NC1CCC(Nc2c(/C=N/c3cc(F)ccc3Cl)cnn3cc(Br)cc23)CC1. The van der Waals surface area contributed by atoms with Crippen LogP contribution in [0.15, 0.2) is 46.1 Å². The van der Waals surface area contributed by atoms with E-state index in [1.807, 2.05) is 33.0 Å². The van der Waals surface area contributed by atoms with E-state index in [1.54, 1.807) is 16.9 Å². The van der Waals surface area contributed by atoms with E-state index in [4.69, 9.17) is 16.3 Å². The van der Waals surface area contributed by atoms with Crippen LogP contribution < -0.4 is 10.6 Å². The van der Waals surface area contributed by atoms with Crippen LogP contribution in [0.25, 0.3) is 5.52 Å². The summed E-state index contributed by atoms with van der Waals surface area (Å²) in [6, 6.07) is 6.35. The molecule has 1 amide bonds. The number of rotatable bonds is 5. The molecule has 4 rings (SSSR count). The summed E-state index contributed by atoms with van der Waals surface area (Å²) in [5.74, 6) is -0.402. The third kappa shape index (κ3) is 6.73. The quantitative estimate of drug-likeness (QED) is 0.331. The van der Waals surface area contributed by atoms with E-state index in [1.165, 1.54) is 18.2 Å². The van der Waals surface area contributed by atoms with Gasteiger partial charge in [-0.1, -0.05) is 11.6 Å². The van der Waals surface area contributed by atoms with Crippen molar-refractivity contribution in [1.82, 2.24) is 14.9 Å². The lowest BCUT2D eigenvalue weighted by Gasteiger charge is -2.31. The number of nitrogens with zero attached hydrogens (tertiary/aromatic N) is 3. The van der Waals surface area contributed by atoms with Crippen LogP contribution in [0.5, 0.6) is 0 Å². The van der Waals surface area contributed by atoms with Crippen LogP contribution >= 0.6 is 27.5 Å². The van der Waals surface area contributed by atoms with E-state index >= 15 is 0 Å². The van der Waals surface area contributed by atoms with Crippen molar-refractivity contribution in [2.75, 3.05) is 5.32 Å². The number of hydrogen-bond acceptors (Lipinski definition) is 5. The van der Waals surface area contributed by atoms with E-state index in [-0.39, 0.29) is 18.2 Å². The fourth-order valence-electron chi connectivity index (χ4n) is 4.08. The number of benzene rings is 1. The Morgan fingerprint density at radius 2 is 1.97 bits per heavy atom. The van der Waals surface area contributed by atoms with E-state index in [9.17, 15) is 9.18 Å². The second kappa shape index (κ2) is 10.5. The first kappa shape index (κ1) is 25.4. The Morgan fingerprint density at radius 3 is 2.69 bits per heavy atom. The number of ether oxygens (including phenoxy) is 1. The van der Waals surface area contributed by atoms with Crippen molar-refractivity contribution in [2.24, 2.45) is 4.99 Å². The molecule has 1 fully saturated rings. The highest BCUT2D eigenvalue weighted by Gasteiger charge is 2.25. The zero-order chi connectivity index (χ0) is 25.2. The summed E-state index contributed by atoms with van der Waals surface area (Å²) in [4.78, 5) is 16.5. The summed E-state index contributed by atoms with van der Waals surface area (Å²) in [6.45, 7) is 5.56. The van der Waals surface area contributed by atoms with Gasteiger partial charge in [0.2, 0.25) is 0 Å². The topological polar surface area (TPSA) is 80.0 Å². The van der Waals surface area contributed by atoms with Crippen LogP contribution in [0, 0.1) is 5.82 Å². The Balaban J connectivity index is 1.50. The molecule has 0 saturated heterocycles. The first-order valence-electron chi connectivity index (χ1n) is 11.5. The molecule has 0 radical (unpaired) electrons. The minimum Gasteiger partial charge on any atom is -0.444 e. The maximum Gasteiger partial charge on any atom is 0.407 e. The van der Waals surface area contributed by atoms with Gasteiger partial charge in [0, 0.05) is 40.6 Å². The first-order valence-corrected chi connectivity index (χ1v) is 12.7. The third-order valence-electron chi connectivity index (χ3n) is 5.68. The number of carbonyl (C=O) groups is 1. The molecule has 1 aliphatic carbocycles. The average Bonchev–Trinajstić information content (AvgIpc) is 3.16. The van der Waals surface area contributed by atoms with Crippen molar-refractivity contribution in [2.45, 2.75) is 64.1 Å². The van der Waals surface area contributed by atoms with Gasteiger partial charge in [0.1, 0.15) is 11.4 Å². The van der Waals surface area contributed by atoms with E-state index < -0.39 is 11.4 Å². The lowest BCUT2D eigenvalue weighted by atomic mass is 9.91. The molecule has 2 aromatic heterocycles. The van der Waals surface area contributed by atoms with E-state index in [0.717, 1.165) is 46.9 Å². The summed E-state index contributed by atoms with van der Waals surface area (Å²) in [5, 5.41) is 11.5. The number of aliphatic imine (C=N–C) groups is 1. The molecule has 0 aliphatic heterocycles. The number of amides is 1. The second-order valence-corrected chi connectivity index (χ2v) is 11.0. The molecule has 0 unspecified atom stereocenters. The fraction of sp³-hybridized carbons (Fsp3) is 0.400. The minimum atomic E-state index is -0.519. The monoisotopic (exact) mass is 563 g/mol. The lowest BCUT2D eigenvalue weighted by Crippen LogP contribution is -2.42. The zero-order valence-corrected chi connectivity index (χ0v) is 22.2.